The highest BCUT2D eigenvalue weighted by atomic mass is 32.2. The Balaban J connectivity index is 2.10. The third kappa shape index (κ3) is 3.92. The van der Waals surface area contributed by atoms with E-state index in [0.29, 0.717) is 5.56 Å². The highest BCUT2D eigenvalue weighted by Gasteiger charge is 2.13. The molecule has 4 nitrogen and oxygen atoms in total. The van der Waals surface area contributed by atoms with Crippen LogP contribution in [0.25, 0.3) is 0 Å². The van der Waals surface area contributed by atoms with Crippen LogP contribution in [0.5, 0.6) is 0 Å². The lowest BCUT2D eigenvalue weighted by atomic mass is 10.1. The van der Waals surface area contributed by atoms with Crippen molar-refractivity contribution in [3.8, 4) is 0 Å². The van der Waals surface area contributed by atoms with Crippen LogP contribution in [0.3, 0.4) is 0 Å². The number of halogens is 1. The van der Waals surface area contributed by atoms with Gasteiger partial charge in [0.15, 0.2) is 9.84 Å². The van der Waals surface area contributed by atoms with Gasteiger partial charge in [0, 0.05) is 11.8 Å². The predicted octanol–water partition coefficient (Wildman–Crippen LogP) is 2.72. The summed E-state index contributed by atoms with van der Waals surface area (Å²) in [4.78, 5) is 12.3. The Bertz CT molecular complexity index is 768. The summed E-state index contributed by atoms with van der Waals surface area (Å²) in [5.74, 6) is -0.722. The second-order valence-electron chi connectivity index (χ2n) is 5.04. The molecule has 0 unspecified atom stereocenters. The normalized spacial score (nSPS) is 12.7. The van der Waals surface area contributed by atoms with Crippen molar-refractivity contribution >= 4 is 15.7 Å². The van der Waals surface area contributed by atoms with Gasteiger partial charge in [-0.25, -0.2) is 12.8 Å². The van der Waals surface area contributed by atoms with E-state index in [1.54, 1.807) is 19.1 Å². The lowest BCUT2D eigenvalue weighted by molar-refractivity contribution is 0.0940. The monoisotopic (exact) mass is 321 g/mol. The van der Waals surface area contributed by atoms with Gasteiger partial charge in [-0.05, 0) is 48.9 Å². The van der Waals surface area contributed by atoms with E-state index in [2.05, 4.69) is 5.32 Å². The molecule has 1 N–H and O–H groups in total. The first-order valence-corrected chi connectivity index (χ1v) is 8.53. The van der Waals surface area contributed by atoms with Crippen LogP contribution in [-0.4, -0.2) is 20.6 Å². The summed E-state index contributed by atoms with van der Waals surface area (Å²) in [7, 11) is -3.24. The molecule has 2 rings (SSSR count). The average molecular weight is 321 g/mol. The van der Waals surface area contributed by atoms with Crippen molar-refractivity contribution < 1.29 is 17.6 Å². The van der Waals surface area contributed by atoms with E-state index < -0.39 is 15.7 Å². The summed E-state index contributed by atoms with van der Waals surface area (Å²) in [5.41, 5.74) is 1.14. The number of carbonyl (C=O) groups is 1. The summed E-state index contributed by atoms with van der Waals surface area (Å²) in [6.45, 7) is 1.79. The molecular weight excluding hydrogens is 305 g/mol. The molecule has 0 fully saturated rings. The van der Waals surface area contributed by atoms with Crippen LogP contribution in [0.4, 0.5) is 4.39 Å². The van der Waals surface area contributed by atoms with Crippen molar-refractivity contribution in [2.24, 2.45) is 0 Å². The summed E-state index contributed by atoms with van der Waals surface area (Å²) in [5, 5.41) is 2.78. The van der Waals surface area contributed by atoms with E-state index in [0.717, 1.165) is 11.8 Å². The molecule has 0 aromatic heterocycles. The van der Waals surface area contributed by atoms with Crippen molar-refractivity contribution in [1.82, 2.24) is 5.32 Å². The van der Waals surface area contributed by atoms with Gasteiger partial charge >= 0.3 is 0 Å². The fourth-order valence-corrected chi connectivity index (χ4v) is 2.60. The molecule has 22 heavy (non-hydrogen) atoms. The first-order valence-electron chi connectivity index (χ1n) is 6.64. The van der Waals surface area contributed by atoms with Crippen LogP contribution in [0.2, 0.25) is 0 Å². The predicted molar refractivity (Wildman–Crippen MR) is 81.8 cm³/mol. The Morgan fingerprint density at radius 1 is 1.05 bits per heavy atom. The number of sulfone groups is 1. The molecule has 0 aliphatic carbocycles. The number of rotatable bonds is 4. The molecule has 1 amide bonds. The standard InChI is InChI=1S/C16H16FNO3S/c1-11(12-5-9-15(10-6-12)22(2,20)21)18-16(19)13-3-7-14(17)8-4-13/h3-11H,1-2H3,(H,18,19)/t11-/m0/s1. The molecule has 0 heterocycles. The Morgan fingerprint density at radius 2 is 1.59 bits per heavy atom. The van der Waals surface area contributed by atoms with E-state index in [-0.39, 0.29) is 16.8 Å². The van der Waals surface area contributed by atoms with Crippen molar-refractivity contribution in [3.05, 3.63) is 65.5 Å². The molecule has 0 aliphatic heterocycles. The lowest BCUT2D eigenvalue weighted by Gasteiger charge is -2.14. The van der Waals surface area contributed by atoms with Crippen molar-refractivity contribution in [2.45, 2.75) is 17.9 Å². The maximum absolute atomic E-state index is 12.8. The van der Waals surface area contributed by atoms with Crippen LogP contribution in [0.15, 0.2) is 53.4 Å². The quantitative estimate of drug-likeness (QED) is 0.942. The lowest BCUT2D eigenvalue weighted by Crippen LogP contribution is -2.26. The Labute approximate surface area is 128 Å². The molecule has 116 valence electrons. The van der Waals surface area contributed by atoms with Gasteiger partial charge in [-0.15, -0.1) is 0 Å². The van der Waals surface area contributed by atoms with Crippen molar-refractivity contribution in [1.29, 1.82) is 0 Å². The van der Waals surface area contributed by atoms with E-state index in [9.17, 15) is 17.6 Å². The van der Waals surface area contributed by atoms with Gasteiger partial charge in [0.1, 0.15) is 5.82 Å². The zero-order chi connectivity index (χ0) is 16.3. The molecule has 0 saturated heterocycles. The molecule has 1 atom stereocenters. The Hall–Kier alpha value is -2.21. The summed E-state index contributed by atoms with van der Waals surface area (Å²) >= 11 is 0. The first kappa shape index (κ1) is 16.2. The van der Waals surface area contributed by atoms with E-state index in [4.69, 9.17) is 0 Å². The number of amides is 1. The number of carbonyl (C=O) groups excluding carboxylic acids is 1. The number of nitrogens with one attached hydrogen (secondary N) is 1. The van der Waals surface area contributed by atoms with Gasteiger partial charge in [0.2, 0.25) is 0 Å². The maximum Gasteiger partial charge on any atom is 0.251 e. The Morgan fingerprint density at radius 3 is 2.09 bits per heavy atom. The van der Waals surface area contributed by atoms with Gasteiger partial charge in [0.05, 0.1) is 10.9 Å². The molecule has 0 bridgehead atoms. The van der Waals surface area contributed by atoms with Gasteiger partial charge in [0.25, 0.3) is 5.91 Å². The summed E-state index contributed by atoms with van der Waals surface area (Å²) in [6, 6.07) is 11.3. The molecule has 0 aliphatic rings. The van der Waals surface area contributed by atoms with Crippen LogP contribution < -0.4 is 5.32 Å². The van der Waals surface area contributed by atoms with Crippen LogP contribution in [0, 0.1) is 5.82 Å². The summed E-state index contributed by atoms with van der Waals surface area (Å²) < 4.78 is 35.6. The number of benzene rings is 2. The minimum atomic E-state index is -3.24. The van der Waals surface area contributed by atoms with Crippen LogP contribution in [0.1, 0.15) is 28.9 Å². The van der Waals surface area contributed by atoms with Crippen LogP contribution in [-0.2, 0) is 9.84 Å². The molecule has 0 saturated carbocycles. The summed E-state index contributed by atoms with van der Waals surface area (Å²) in [6.07, 6.45) is 1.14. The largest absolute Gasteiger partial charge is 0.346 e. The van der Waals surface area contributed by atoms with Crippen molar-refractivity contribution in [2.75, 3.05) is 6.26 Å². The van der Waals surface area contributed by atoms with E-state index in [1.165, 1.54) is 36.4 Å². The van der Waals surface area contributed by atoms with E-state index in [1.807, 2.05) is 0 Å². The fourth-order valence-electron chi connectivity index (χ4n) is 1.97. The van der Waals surface area contributed by atoms with Gasteiger partial charge in [-0.3, -0.25) is 4.79 Å². The highest BCUT2D eigenvalue weighted by molar-refractivity contribution is 7.90. The second-order valence-corrected chi connectivity index (χ2v) is 7.06. The Kier molecular flexibility index (Phi) is 4.61. The molecule has 2 aromatic rings. The topological polar surface area (TPSA) is 63.2 Å². The number of hydrogen-bond donors (Lipinski definition) is 1. The smallest absolute Gasteiger partial charge is 0.251 e. The van der Waals surface area contributed by atoms with Gasteiger partial charge in [-0.1, -0.05) is 12.1 Å². The van der Waals surface area contributed by atoms with Gasteiger partial charge < -0.3 is 5.32 Å². The SMILES string of the molecule is C[C@H](NC(=O)c1ccc(F)cc1)c1ccc(S(C)(=O)=O)cc1. The zero-order valence-corrected chi connectivity index (χ0v) is 13.0. The average Bonchev–Trinajstić information content (AvgIpc) is 2.47. The zero-order valence-electron chi connectivity index (χ0n) is 12.2. The molecular formula is C16H16FNO3S. The second kappa shape index (κ2) is 6.27. The molecule has 0 spiro atoms. The first-order chi connectivity index (χ1) is 10.3. The fraction of sp³-hybridized carbons (Fsp3) is 0.188. The van der Waals surface area contributed by atoms with E-state index >= 15 is 0 Å². The minimum Gasteiger partial charge on any atom is -0.346 e. The van der Waals surface area contributed by atoms with Crippen molar-refractivity contribution in [3.63, 3.8) is 0 Å². The minimum absolute atomic E-state index is 0.230. The molecule has 6 heteroatoms. The van der Waals surface area contributed by atoms with Gasteiger partial charge in [-0.2, -0.15) is 0 Å². The third-order valence-corrected chi connectivity index (χ3v) is 4.39. The third-order valence-electron chi connectivity index (χ3n) is 3.26. The number of hydrogen-bond acceptors (Lipinski definition) is 3. The maximum atomic E-state index is 12.8. The van der Waals surface area contributed by atoms with Crippen LogP contribution >= 0.6 is 0 Å². The molecule has 2 aromatic carbocycles. The highest BCUT2D eigenvalue weighted by Crippen LogP contribution is 2.17. The molecule has 0 radical (unpaired) electrons.